The Kier molecular flexibility index (Phi) is 4.31. The van der Waals surface area contributed by atoms with Crippen LogP contribution in [0.2, 0.25) is 0 Å². The lowest BCUT2D eigenvalue weighted by Crippen LogP contribution is -2.26. The molecule has 1 unspecified atom stereocenters. The summed E-state index contributed by atoms with van der Waals surface area (Å²) < 4.78 is 42.1. The second-order valence-electron chi connectivity index (χ2n) is 5.23. The average Bonchev–Trinajstić information content (AvgIpc) is 3.05. The van der Waals surface area contributed by atoms with E-state index >= 15 is 0 Å². The standard InChI is InChI=1S/C15H12ClF3N4O/c1-9(10-2-4-20-5-3-10)23-7-11(6-12(16)8-23)13-21-14(24-22-13)15(17,18)19/h2-6,8-9H,7H2,1H3. The summed E-state index contributed by atoms with van der Waals surface area (Å²) in [6.07, 6.45) is 1.92. The monoisotopic (exact) mass is 356 g/mol. The molecule has 0 saturated carbocycles. The van der Waals surface area contributed by atoms with E-state index in [0.717, 1.165) is 5.56 Å². The molecule has 0 radical (unpaired) electrons. The lowest BCUT2D eigenvalue weighted by atomic mass is 10.1. The molecule has 0 saturated heterocycles. The van der Waals surface area contributed by atoms with Crippen LogP contribution in [0.25, 0.3) is 5.57 Å². The highest BCUT2D eigenvalue weighted by Crippen LogP contribution is 2.32. The largest absolute Gasteiger partial charge is 0.471 e. The van der Waals surface area contributed by atoms with Crippen LogP contribution in [-0.4, -0.2) is 26.6 Å². The molecule has 2 aromatic rings. The molecule has 0 N–H and O–H groups in total. The van der Waals surface area contributed by atoms with Crippen molar-refractivity contribution in [2.45, 2.75) is 19.1 Å². The number of hydrogen-bond donors (Lipinski definition) is 0. The van der Waals surface area contributed by atoms with Crippen molar-refractivity contribution in [1.82, 2.24) is 20.0 Å². The van der Waals surface area contributed by atoms with Gasteiger partial charge < -0.3 is 9.42 Å². The third kappa shape index (κ3) is 3.43. The maximum atomic E-state index is 12.6. The average molecular weight is 357 g/mol. The highest BCUT2D eigenvalue weighted by Gasteiger charge is 2.39. The van der Waals surface area contributed by atoms with Crippen LogP contribution >= 0.6 is 11.6 Å². The topological polar surface area (TPSA) is 55.1 Å². The van der Waals surface area contributed by atoms with E-state index in [1.165, 1.54) is 6.08 Å². The minimum Gasteiger partial charge on any atom is -0.365 e. The molecule has 9 heteroatoms. The number of alkyl halides is 3. The Morgan fingerprint density at radius 1 is 1.29 bits per heavy atom. The summed E-state index contributed by atoms with van der Waals surface area (Å²) in [5, 5.41) is 3.78. The predicted octanol–water partition coefficient (Wildman–Crippen LogP) is 4.02. The first-order chi connectivity index (χ1) is 11.3. The van der Waals surface area contributed by atoms with Crippen LogP contribution in [0.4, 0.5) is 13.2 Å². The van der Waals surface area contributed by atoms with Crippen LogP contribution in [0.15, 0.2) is 46.4 Å². The first-order valence-corrected chi connectivity index (χ1v) is 7.37. The Morgan fingerprint density at radius 2 is 2.00 bits per heavy atom. The Labute approximate surface area is 140 Å². The number of rotatable bonds is 3. The van der Waals surface area contributed by atoms with Gasteiger partial charge in [-0.15, -0.1) is 0 Å². The van der Waals surface area contributed by atoms with Crippen molar-refractivity contribution in [3.05, 3.63) is 59.1 Å². The van der Waals surface area contributed by atoms with Gasteiger partial charge in [-0.25, -0.2) is 0 Å². The van der Waals surface area contributed by atoms with Crippen LogP contribution in [0, 0.1) is 0 Å². The molecule has 3 heterocycles. The number of halogens is 4. The molecule has 0 aliphatic carbocycles. The summed E-state index contributed by atoms with van der Waals surface area (Å²) in [6, 6.07) is 3.67. The molecule has 126 valence electrons. The third-order valence-electron chi connectivity index (χ3n) is 3.60. The number of pyridine rings is 1. The number of nitrogens with zero attached hydrogens (tertiary/aromatic N) is 4. The molecule has 0 spiro atoms. The first-order valence-electron chi connectivity index (χ1n) is 6.99. The van der Waals surface area contributed by atoms with Crippen LogP contribution < -0.4 is 0 Å². The summed E-state index contributed by atoms with van der Waals surface area (Å²) >= 11 is 6.11. The van der Waals surface area contributed by atoms with Gasteiger partial charge >= 0.3 is 12.1 Å². The van der Waals surface area contributed by atoms with Gasteiger partial charge in [0.05, 0.1) is 11.1 Å². The van der Waals surface area contributed by atoms with Crippen molar-refractivity contribution in [1.29, 1.82) is 0 Å². The molecule has 0 aromatic carbocycles. The Bertz CT molecular complexity index is 786. The molecule has 5 nitrogen and oxygen atoms in total. The molecule has 3 rings (SSSR count). The van der Waals surface area contributed by atoms with Crippen molar-refractivity contribution in [3.8, 4) is 0 Å². The molecule has 2 aromatic heterocycles. The molecule has 1 aliphatic heterocycles. The van der Waals surface area contributed by atoms with Gasteiger partial charge in [-0.3, -0.25) is 4.98 Å². The van der Waals surface area contributed by atoms with E-state index in [4.69, 9.17) is 11.6 Å². The van der Waals surface area contributed by atoms with Crippen molar-refractivity contribution in [2.75, 3.05) is 6.54 Å². The molecule has 0 amide bonds. The van der Waals surface area contributed by atoms with E-state index < -0.39 is 12.1 Å². The number of allylic oxidation sites excluding steroid dienone is 2. The molecular weight excluding hydrogens is 345 g/mol. The second-order valence-corrected chi connectivity index (χ2v) is 5.67. The molecular formula is C15H12ClF3N4O. The molecule has 1 atom stereocenters. The van der Waals surface area contributed by atoms with Gasteiger partial charge in [0.1, 0.15) is 0 Å². The highest BCUT2D eigenvalue weighted by molar-refractivity contribution is 6.31. The lowest BCUT2D eigenvalue weighted by Gasteiger charge is -2.31. The van der Waals surface area contributed by atoms with Gasteiger partial charge in [0.15, 0.2) is 0 Å². The van der Waals surface area contributed by atoms with Crippen molar-refractivity contribution in [2.24, 2.45) is 0 Å². The molecule has 0 bridgehead atoms. The maximum Gasteiger partial charge on any atom is 0.471 e. The normalized spacial score (nSPS) is 16.6. The van der Waals surface area contributed by atoms with E-state index in [1.54, 1.807) is 18.6 Å². The highest BCUT2D eigenvalue weighted by atomic mass is 35.5. The molecule has 0 fully saturated rings. The van der Waals surface area contributed by atoms with E-state index in [1.807, 2.05) is 24.0 Å². The number of aromatic nitrogens is 3. The fraction of sp³-hybridized carbons (Fsp3) is 0.267. The zero-order valence-corrected chi connectivity index (χ0v) is 13.2. The fourth-order valence-electron chi connectivity index (χ4n) is 2.34. The van der Waals surface area contributed by atoms with Crippen molar-refractivity contribution in [3.63, 3.8) is 0 Å². The van der Waals surface area contributed by atoms with Gasteiger partial charge in [-0.1, -0.05) is 16.8 Å². The van der Waals surface area contributed by atoms with Crippen molar-refractivity contribution < 1.29 is 17.7 Å². The van der Waals surface area contributed by atoms with Crippen LogP contribution in [0.3, 0.4) is 0 Å². The quantitative estimate of drug-likeness (QED) is 0.831. The Balaban J connectivity index is 1.84. The Hall–Kier alpha value is -2.35. The predicted molar refractivity (Wildman–Crippen MR) is 80.6 cm³/mol. The zero-order valence-electron chi connectivity index (χ0n) is 12.5. The Morgan fingerprint density at radius 3 is 2.62 bits per heavy atom. The summed E-state index contributed by atoms with van der Waals surface area (Å²) in [4.78, 5) is 9.26. The zero-order chi connectivity index (χ0) is 17.3. The van der Waals surface area contributed by atoms with E-state index in [9.17, 15) is 13.2 Å². The second kappa shape index (κ2) is 6.27. The lowest BCUT2D eigenvalue weighted by molar-refractivity contribution is -0.159. The summed E-state index contributed by atoms with van der Waals surface area (Å²) in [5.74, 6) is -1.50. The van der Waals surface area contributed by atoms with E-state index in [2.05, 4.69) is 19.6 Å². The molecule has 1 aliphatic rings. The van der Waals surface area contributed by atoms with Crippen LogP contribution in [0.1, 0.15) is 30.2 Å². The summed E-state index contributed by atoms with van der Waals surface area (Å²) in [7, 11) is 0. The molecule has 24 heavy (non-hydrogen) atoms. The van der Waals surface area contributed by atoms with Gasteiger partial charge in [0.25, 0.3) is 0 Å². The summed E-state index contributed by atoms with van der Waals surface area (Å²) in [6.45, 7) is 2.26. The van der Waals surface area contributed by atoms with E-state index in [-0.39, 0.29) is 11.9 Å². The van der Waals surface area contributed by atoms with Gasteiger partial charge in [-0.2, -0.15) is 18.2 Å². The first kappa shape index (κ1) is 16.5. The minimum absolute atomic E-state index is 0.0561. The summed E-state index contributed by atoms with van der Waals surface area (Å²) in [5.41, 5.74) is 1.44. The van der Waals surface area contributed by atoms with Gasteiger partial charge in [0.2, 0.25) is 5.82 Å². The van der Waals surface area contributed by atoms with Gasteiger partial charge in [0, 0.05) is 30.7 Å². The smallest absolute Gasteiger partial charge is 0.365 e. The third-order valence-corrected chi connectivity index (χ3v) is 3.80. The van der Waals surface area contributed by atoms with Gasteiger partial charge in [-0.05, 0) is 30.7 Å². The number of hydrogen-bond acceptors (Lipinski definition) is 5. The fourth-order valence-corrected chi connectivity index (χ4v) is 2.59. The van der Waals surface area contributed by atoms with Crippen LogP contribution in [0.5, 0.6) is 0 Å². The SMILES string of the molecule is CC(c1ccncc1)N1C=C(Cl)C=C(c2noc(C(F)(F)F)n2)C1. The van der Waals surface area contributed by atoms with E-state index in [0.29, 0.717) is 17.2 Å². The van der Waals surface area contributed by atoms with Crippen molar-refractivity contribution >= 4 is 17.2 Å². The maximum absolute atomic E-state index is 12.6. The minimum atomic E-state index is -4.68. The van der Waals surface area contributed by atoms with Crippen LogP contribution in [-0.2, 0) is 6.18 Å².